The van der Waals surface area contributed by atoms with Crippen LogP contribution in [0.4, 0.5) is 0 Å². The first-order valence-electron chi connectivity index (χ1n) is 9.30. The number of rotatable bonds is 4. The van der Waals surface area contributed by atoms with Gasteiger partial charge in [-0.25, -0.2) is 0 Å². The van der Waals surface area contributed by atoms with Crippen LogP contribution in [0.15, 0.2) is 36.4 Å². The van der Waals surface area contributed by atoms with Gasteiger partial charge in [-0.3, -0.25) is 4.90 Å². The molecule has 2 aromatic carbocycles. The molecule has 4 atom stereocenters. The highest BCUT2D eigenvalue weighted by atomic mass is 16.5. The molecule has 2 bridgehead atoms. The lowest BCUT2D eigenvalue weighted by Crippen LogP contribution is -2.37. The van der Waals surface area contributed by atoms with Gasteiger partial charge in [0.15, 0.2) is 0 Å². The fourth-order valence-corrected chi connectivity index (χ4v) is 5.54. The van der Waals surface area contributed by atoms with Crippen molar-refractivity contribution < 1.29 is 14.6 Å². The first-order valence-corrected chi connectivity index (χ1v) is 9.30. The van der Waals surface area contributed by atoms with Gasteiger partial charge in [0, 0.05) is 43.5 Å². The molecule has 0 aliphatic carbocycles. The number of hydrogen-bond acceptors (Lipinski definition) is 4. The molecule has 3 aliphatic rings. The summed E-state index contributed by atoms with van der Waals surface area (Å²) in [7, 11) is 1.73. The van der Waals surface area contributed by atoms with Crippen LogP contribution in [0.5, 0.6) is 5.75 Å². The van der Waals surface area contributed by atoms with E-state index in [9.17, 15) is 5.11 Å². The van der Waals surface area contributed by atoms with E-state index in [1.54, 1.807) is 7.11 Å². The van der Waals surface area contributed by atoms with E-state index < -0.39 is 0 Å². The molecule has 3 aliphatic heterocycles. The van der Waals surface area contributed by atoms with E-state index in [1.807, 2.05) is 0 Å². The van der Waals surface area contributed by atoms with Gasteiger partial charge in [0.25, 0.3) is 0 Å². The van der Waals surface area contributed by atoms with Gasteiger partial charge in [-0.05, 0) is 29.9 Å². The number of aliphatic hydroxyl groups excluding tert-OH is 1. The van der Waals surface area contributed by atoms with Crippen LogP contribution in [-0.4, -0.2) is 48.5 Å². The Bertz CT molecular complexity index is 807. The lowest BCUT2D eigenvalue weighted by molar-refractivity contribution is 0.000409. The normalized spacial score (nSPS) is 33.9. The molecule has 3 heterocycles. The van der Waals surface area contributed by atoms with Crippen molar-refractivity contribution in [1.29, 1.82) is 0 Å². The molecule has 5 rings (SSSR count). The van der Waals surface area contributed by atoms with Gasteiger partial charge >= 0.3 is 0 Å². The maximum absolute atomic E-state index is 9.79. The van der Waals surface area contributed by atoms with Crippen molar-refractivity contribution in [2.45, 2.75) is 31.1 Å². The highest BCUT2D eigenvalue weighted by Gasteiger charge is 2.62. The second kappa shape index (κ2) is 5.70. The Morgan fingerprint density at radius 3 is 2.88 bits per heavy atom. The van der Waals surface area contributed by atoms with Gasteiger partial charge in [-0.15, -0.1) is 0 Å². The number of likely N-dealkylation sites (tertiary alicyclic amines) is 1. The molecule has 2 aromatic rings. The van der Waals surface area contributed by atoms with Crippen LogP contribution in [0.25, 0.3) is 10.8 Å². The van der Waals surface area contributed by atoms with Crippen molar-refractivity contribution in [2.24, 2.45) is 11.8 Å². The topological polar surface area (TPSA) is 41.9 Å². The van der Waals surface area contributed by atoms with Gasteiger partial charge in [0.1, 0.15) is 5.75 Å². The Balaban J connectivity index is 1.43. The van der Waals surface area contributed by atoms with E-state index in [0.29, 0.717) is 17.9 Å². The monoisotopic (exact) mass is 339 g/mol. The summed E-state index contributed by atoms with van der Waals surface area (Å²) in [5, 5.41) is 12.2. The molecule has 3 saturated heterocycles. The van der Waals surface area contributed by atoms with E-state index >= 15 is 0 Å². The van der Waals surface area contributed by atoms with Crippen LogP contribution in [0, 0.1) is 11.8 Å². The number of ether oxygens (including phenoxy) is 2. The first kappa shape index (κ1) is 15.6. The second-order valence-electron chi connectivity index (χ2n) is 7.85. The molecule has 0 unspecified atom stereocenters. The van der Waals surface area contributed by atoms with Crippen LogP contribution >= 0.6 is 0 Å². The standard InChI is InChI=1S/C21H25NO3/c1-24-19-7-6-14(15-4-2-3-5-16(15)19)10-22-11-18-17(12-23)20-8-9-21(18,13-22)25-20/h2-7,17-18,20,23H,8-13H2,1H3/t17-,18+,20+,21+/m0/s1. The Morgan fingerprint density at radius 1 is 1.24 bits per heavy atom. The zero-order valence-electron chi connectivity index (χ0n) is 14.6. The van der Waals surface area contributed by atoms with E-state index in [4.69, 9.17) is 9.47 Å². The van der Waals surface area contributed by atoms with Crippen molar-refractivity contribution in [3.05, 3.63) is 42.0 Å². The summed E-state index contributed by atoms with van der Waals surface area (Å²) in [4.78, 5) is 2.52. The van der Waals surface area contributed by atoms with Crippen LogP contribution in [0.3, 0.4) is 0 Å². The summed E-state index contributed by atoms with van der Waals surface area (Å²) >= 11 is 0. The summed E-state index contributed by atoms with van der Waals surface area (Å²) in [6, 6.07) is 12.7. The fourth-order valence-electron chi connectivity index (χ4n) is 5.54. The van der Waals surface area contributed by atoms with Crippen LogP contribution < -0.4 is 4.74 Å². The van der Waals surface area contributed by atoms with E-state index in [-0.39, 0.29) is 12.2 Å². The zero-order chi connectivity index (χ0) is 17.0. The molecule has 4 nitrogen and oxygen atoms in total. The molecule has 0 amide bonds. The van der Waals surface area contributed by atoms with Crippen molar-refractivity contribution in [2.75, 3.05) is 26.8 Å². The lowest BCUT2D eigenvalue weighted by Gasteiger charge is -2.28. The summed E-state index contributed by atoms with van der Waals surface area (Å²) in [6.45, 7) is 3.21. The van der Waals surface area contributed by atoms with Crippen LogP contribution in [-0.2, 0) is 11.3 Å². The maximum Gasteiger partial charge on any atom is 0.126 e. The highest BCUT2D eigenvalue weighted by Crippen LogP contribution is 2.54. The Kier molecular flexibility index (Phi) is 3.56. The molecule has 3 fully saturated rings. The van der Waals surface area contributed by atoms with E-state index in [0.717, 1.165) is 38.2 Å². The molecule has 4 heteroatoms. The van der Waals surface area contributed by atoms with Gasteiger partial charge in [0.2, 0.25) is 0 Å². The Hall–Kier alpha value is -1.62. The minimum atomic E-state index is 0.000335. The van der Waals surface area contributed by atoms with Crippen molar-refractivity contribution in [3.63, 3.8) is 0 Å². The van der Waals surface area contributed by atoms with E-state index in [1.165, 1.54) is 16.3 Å². The third-order valence-electron chi connectivity index (χ3n) is 6.65. The zero-order valence-corrected chi connectivity index (χ0v) is 14.6. The number of benzene rings is 2. The van der Waals surface area contributed by atoms with Crippen molar-refractivity contribution >= 4 is 10.8 Å². The lowest BCUT2D eigenvalue weighted by atomic mass is 9.74. The Morgan fingerprint density at radius 2 is 2.08 bits per heavy atom. The number of fused-ring (bicyclic) bond motifs is 2. The molecule has 132 valence electrons. The van der Waals surface area contributed by atoms with Crippen molar-refractivity contribution in [1.82, 2.24) is 4.90 Å². The van der Waals surface area contributed by atoms with Gasteiger partial charge in [0.05, 0.1) is 18.8 Å². The third kappa shape index (κ3) is 2.24. The van der Waals surface area contributed by atoms with Crippen LogP contribution in [0.1, 0.15) is 18.4 Å². The number of aliphatic hydroxyl groups is 1. The quantitative estimate of drug-likeness (QED) is 0.930. The molecular weight excluding hydrogens is 314 g/mol. The summed E-state index contributed by atoms with van der Waals surface area (Å²) in [5.41, 5.74) is 1.34. The fraction of sp³-hybridized carbons (Fsp3) is 0.524. The predicted molar refractivity (Wildman–Crippen MR) is 96.7 cm³/mol. The average molecular weight is 339 g/mol. The first-order chi connectivity index (χ1) is 12.2. The summed E-state index contributed by atoms with van der Waals surface area (Å²) in [5.74, 6) is 1.74. The SMILES string of the molecule is COc1ccc(CN2C[C@@H]3[C@H](CO)[C@H]4CC[C@]3(C2)O4)c2ccccc12. The largest absolute Gasteiger partial charge is 0.496 e. The average Bonchev–Trinajstić information content (AvgIpc) is 3.29. The maximum atomic E-state index is 9.79. The molecule has 0 radical (unpaired) electrons. The highest BCUT2D eigenvalue weighted by molar-refractivity contribution is 5.91. The summed E-state index contributed by atoms with van der Waals surface area (Å²) in [6.07, 6.45) is 2.55. The van der Waals surface area contributed by atoms with Crippen molar-refractivity contribution in [3.8, 4) is 5.75 Å². The molecule has 25 heavy (non-hydrogen) atoms. The number of nitrogens with zero attached hydrogens (tertiary/aromatic N) is 1. The smallest absolute Gasteiger partial charge is 0.126 e. The number of hydrogen-bond donors (Lipinski definition) is 1. The van der Waals surface area contributed by atoms with Gasteiger partial charge < -0.3 is 14.6 Å². The third-order valence-corrected chi connectivity index (χ3v) is 6.65. The molecular formula is C21H25NO3. The van der Waals surface area contributed by atoms with E-state index in [2.05, 4.69) is 41.3 Å². The second-order valence-corrected chi connectivity index (χ2v) is 7.85. The predicted octanol–water partition coefficient (Wildman–Crippen LogP) is 2.82. The van der Waals surface area contributed by atoms with Gasteiger partial charge in [-0.2, -0.15) is 0 Å². The number of methoxy groups -OCH3 is 1. The minimum absolute atomic E-state index is 0.000335. The van der Waals surface area contributed by atoms with Crippen LogP contribution in [0.2, 0.25) is 0 Å². The minimum Gasteiger partial charge on any atom is -0.496 e. The van der Waals surface area contributed by atoms with Gasteiger partial charge in [-0.1, -0.05) is 30.3 Å². The molecule has 0 aromatic heterocycles. The Labute approximate surface area is 148 Å². The summed E-state index contributed by atoms with van der Waals surface area (Å²) < 4.78 is 11.9. The molecule has 0 saturated carbocycles. The molecule has 1 spiro atoms. The molecule has 1 N–H and O–H groups in total.